The number of aromatic nitrogens is 1. The lowest BCUT2D eigenvalue weighted by atomic mass is 10.1. The van der Waals surface area contributed by atoms with Crippen LogP contribution in [0.4, 0.5) is 5.69 Å². The predicted molar refractivity (Wildman–Crippen MR) is 129 cm³/mol. The second-order valence-electron chi connectivity index (χ2n) is 7.52. The molecule has 1 aromatic heterocycles. The van der Waals surface area contributed by atoms with Gasteiger partial charge in [-0.1, -0.05) is 17.7 Å². The minimum Gasteiger partial charge on any atom is -0.508 e. The van der Waals surface area contributed by atoms with Crippen LogP contribution in [0, 0.1) is 20.8 Å². The molecule has 32 heavy (non-hydrogen) atoms. The second-order valence-corrected chi connectivity index (χ2v) is 8.31. The molecule has 3 aromatic rings. The summed E-state index contributed by atoms with van der Waals surface area (Å²) < 4.78 is 1.99. The topological polar surface area (TPSA) is 74.6 Å². The molecule has 2 aromatic carbocycles. The van der Waals surface area contributed by atoms with Crippen molar-refractivity contribution in [3.8, 4) is 11.4 Å². The molecule has 162 valence electrons. The first-order valence-electron chi connectivity index (χ1n) is 9.84. The lowest BCUT2D eigenvalue weighted by Crippen LogP contribution is -2.54. The van der Waals surface area contributed by atoms with E-state index in [0.29, 0.717) is 16.3 Å². The van der Waals surface area contributed by atoms with Crippen molar-refractivity contribution in [2.45, 2.75) is 20.8 Å². The number of phenols is 1. The van der Waals surface area contributed by atoms with Gasteiger partial charge >= 0.3 is 0 Å². The zero-order valence-electron chi connectivity index (χ0n) is 17.6. The van der Waals surface area contributed by atoms with E-state index in [-0.39, 0.29) is 16.4 Å². The number of rotatable bonds is 3. The summed E-state index contributed by atoms with van der Waals surface area (Å²) in [5.41, 5.74) is 4.54. The lowest BCUT2D eigenvalue weighted by molar-refractivity contribution is -0.122. The molecule has 1 saturated heterocycles. The van der Waals surface area contributed by atoms with Gasteiger partial charge in [-0.3, -0.25) is 19.8 Å². The molecule has 2 heterocycles. The fourth-order valence-electron chi connectivity index (χ4n) is 3.80. The van der Waals surface area contributed by atoms with E-state index in [1.807, 2.05) is 24.5 Å². The van der Waals surface area contributed by atoms with Crippen LogP contribution in [0.5, 0.6) is 5.75 Å². The zero-order chi connectivity index (χ0) is 23.2. The van der Waals surface area contributed by atoms with E-state index >= 15 is 0 Å². The van der Waals surface area contributed by atoms with Crippen LogP contribution >= 0.6 is 23.8 Å². The number of nitrogens with zero attached hydrogens (tertiary/aromatic N) is 2. The highest BCUT2D eigenvalue weighted by Gasteiger charge is 2.35. The molecule has 4 rings (SSSR count). The number of anilines is 1. The van der Waals surface area contributed by atoms with Crippen LogP contribution in [0.1, 0.15) is 22.5 Å². The molecule has 6 nitrogen and oxygen atoms in total. The van der Waals surface area contributed by atoms with Crippen molar-refractivity contribution in [1.29, 1.82) is 0 Å². The normalized spacial score (nSPS) is 15.4. The van der Waals surface area contributed by atoms with Crippen LogP contribution in [0.25, 0.3) is 11.8 Å². The van der Waals surface area contributed by atoms with E-state index in [0.717, 1.165) is 22.6 Å². The number of thiocarbonyl (C=S) groups is 1. The number of halogens is 1. The van der Waals surface area contributed by atoms with Crippen molar-refractivity contribution in [2.75, 3.05) is 4.90 Å². The van der Waals surface area contributed by atoms with Gasteiger partial charge in [-0.25, -0.2) is 0 Å². The standard InChI is InChI=1S/C24H20ClN3O3S/c1-13-11-16(15(3)27(13)17-7-9-18(29)10-8-17)12-19-22(30)26-24(32)28(23(19)31)21-6-4-5-20(25)14(21)2/h4-12,29H,1-3H3,(H,26,30,32). The van der Waals surface area contributed by atoms with Gasteiger partial charge in [0.1, 0.15) is 11.3 Å². The highest BCUT2D eigenvalue weighted by atomic mass is 35.5. The Kier molecular flexibility index (Phi) is 5.62. The zero-order valence-corrected chi connectivity index (χ0v) is 19.2. The number of nitrogens with one attached hydrogen (secondary N) is 1. The van der Waals surface area contributed by atoms with Crippen LogP contribution in [0.3, 0.4) is 0 Å². The maximum absolute atomic E-state index is 13.4. The van der Waals surface area contributed by atoms with Crippen molar-refractivity contribution in [1.82, 2.24) is 9.88 Å². The fourth-order valence-corrected chi connectivity index (χ4v) is 4.25. The van der Waals surface area contributed by atoms with E-state index in [1.54, 1.807) is 55.5 Å². The number of benzene rings is 2. The van der Waals surface area contributed by atoms with Gasteiger partial charge in [0.25, 0.3) is 11.8 Å². The molecule has 0 aliphatic carbocycles. The number of phenolic OH excluding ortho intramolecular Hbond substituents is 1. The summed E-state index contributed by atoms with van der Waals surface area (Å²) in [6.07, 6.45) is 1.57. The third-order valence-corrected chi connectivity index (χ3v) is 6.15. The molecule has 0 bridgehead atoms. The Morgan fingerprint density at radius 3 is 2.44 bits per heavy atom. The van der Waals surface area contributed by atoms with Crippen LogP contribution in [-0.2, 0) is 9.59 Å². The minimum atomic E-state index is -0.551. The van der Waals surface area contributed by atoms with Crippen LogP contribution in [0.15, 0.2) is 54.1 Å². The fraction of sp³-hybridized carbons (Fsp3) is 0.125. The molecule has 0 spiro atoms. The molecule has 1 aliphatic rings. The van der Waals surface area contributed by atoms with Gasteiger partial charge in [0.15, 0.2) is 5.11 Å². The average Bonchev–Trinajstić information content (AvgIpc) is 3.02. The maximum Gasteiger partial charge on any atom is 0.270 e. The number of aryl methyl sites for hydroxylation is 1. The first-order chi connectivity index (χ1) is 15.2. The number of carbonyl (C=O) groups is 2. The summed E-state index contributed by atoms with van der Waals surface area (Å²) in [5.74, 6) is -0.890. The summed E-state index contributed by atoms with van der Waals surface area (Å²) in [4.78, 5) is 27.3. The Morgan fingerprint density at radius 2 is 1.75 bits per heavy atom. The molecule has 0 atom stereocenters. The molecule has 8 heteroatoms. The average molecular weight is 466 g/mol. The van der Waals surface area contributed by atoms with E-state index in [2.05, 4.69) is 5.32 Å². The number of carbonyl (C=O) groups excluding carboxylic acids is 2. The van der Waals surface area contributed by atoms with E-state index < -0.39 is 11.8 Å². The van der Waals surface area contributed by atoms with Gasteiger partial charge in [-0.05, 0) is 92.7 Å². The minimum absolute atomic E-state index is 0.0112. The lowest BCUT2D eigenvalue weighted by Gasteiger charge is -2.30. The molecular formula is C24H20ClN3O3S. The Morgan fingerprint density at radius 1 is 1.06 bits per heavy atom. The second kappa shape index (κ2) is 8.26. The third-order valence-electron chi connectivity index (χ3n) is 5.46. The van der Waals surface area contributed by atoms with Crippen molar-refractivity contribution >= 4 is 52.5 Å². The molecular weight excluding hydrogens is 446 g/mol. The number of amides is 2. The predicted octanol–water partition coefficient (Wildman–Crippen LogP) is 4.59. The Bertz CT molecular complexity index is 1310. The van der Waals surface area contributed by atoms with Crippen LogP contribution in [-0.4, -0.2) is 26.6 Å². The van der Waals surface area contributed by atoms with Crippen LogP contribution in [0.2, 0.25) is 5.02 Å². The Balaban J connectivity index is 1.78. The van der Waals surface area contributed by atoms with Gasteiger partial charge in [0.05, 0.1) is 5.69 Å². The molecule has 0 saturated carbocycles. The first-order valence-corrected chi connectivity index (χ1v) is 10.6. The largest absolute Gasteiger partial charge is 0.508 e. The quantitative estimate of drug-likeness (QED) is 0.337. The van der Waals surface area contributed by atoms with Gasteiger partial charge < -0.3 is 9.67 Å². The molecule has 2 amide bonds. The Labute approximate surface area is 195 Å². The van der Waals surface area contributed by atoms with Crippen LogP contribution < -0.4 is 10.2 Å². The van der Waals surface area contributed by atoms with E-state index in [9.17, 15) is 14.7 Å². The summed E-state index contributed by atoms with van der Waals surface area (Å²) in [5, 5.41) is 12.7. The number of aromatic hydroxyl groups is 1. The summed E-state index contributed by atoms with van der Waals surface area (Å²) in [6, 6.07) is 13.9. The van der Waals surface area contributed by atoms with Gasteiger partial charge in [0.2, 0.25) is 0 Å². The SMILES string of the molecule is Cc1c(Cl)cccc1N1C(=O)C(=Cc2cc(C)n(-c3ccc(O)cc3)c2C)C(=O)NC1=S. The molecule has 2 N–H and O–H groups in total. The van der Waals surface area contributed by atoms with Gasteiger partial charge in [-0.2, -0.15) is 0 Å². The monoisotopic (exact) mass is 465 g/mol. The van der Waals surface area contributed by atoms with Crippen molar-refractivity contribution in [3.63, 3.8) is 0 Å². The number of hydrogen-bond acceptors (Lipinski definition) is 4. The van der Waals surface area contributed by atoms with Gasteiger partial charge in [-0.15, -0.1) is 0 Å². The molecule has 0 unspecified atom stereocenters. The summed E-state index contributed by atoms with van der Waals surface area (Å²) in [7, 11) is 0. The van der Waals surface area contributed by atoms with Crippen molar-refractivity contribution < 1.29 is 14.7 Å². The smallest absolute Gasteiger partial charge is 0.270 e. The van der Waals surface area contributed by atoms with E-state index in [1.165, 1.54) is 4.90 Å². The summed E-state index contributed by atoms with van der Waals surface area (Å²) >= 11 is 11.5. The molecule has 0 radical (unpaired) electrons. The van der Waals surface area contributed by atoms with Gasteiger partial charge in [0, 0.05) is 22.1 Å². The van der Waals surface area contributed by atoms with Crippen molar-refractivity contribution in [3.05, 3.63) is 81.6 Å². The highest BCUT2D eigenvalue weighted by molar-refractivity contribution is 7.80. The first kappa shape index (κ1) is 21.8. The Hall–Kier alpha value is -3.42. The molecule has 1 fully saturated rings. The number of hydrogen-bond donors (Lipinski definition) is 2. The van der Waals surface area contributed by atoms with Crippen molar-refractivity contribution in [2.24, 2.45) is 0 Å². The maximum atomic E-state index is 13.4. The van der Waals surface area contributed by atoms with E-state index in [4.69, 9.17) is 23.8 Å². The highest BCUT2D eigenvalue weighted by Crippen LogP contribution is 2.30. The molecule has 1 aliphatic heterocycles. The summed E-state index contributed by atoms with van der Waals surface area (Å²) in [6.45, 7) is 5.63. The third kappa shape index (κ3) is 3.70.